The van der Waals surface area contributed by atoms with Crippen molar-refractivity contribution in [2.24, 2.45) is 0 Å². The lowest BCUT2D eigenvalue weighted by molar-refractivity contribution is 0.476. The summed E-state index contributed by atoms with van der Waals surface area (Å²) in [5, 5.41) is 14.3. The molecule has 2 N–H and O–H groups in total. The van der Waals surface area contributed by atoms with Crippen molar-refractivity contribution in [1.82, 2.24) is 14.3 Å². The van der Waals surface area contributed by atoms with E-state index in [0.717, 1.165) is 51.7 Å². The third-order valence-corrected chi connectivity index (χ3v) is 8.42. The average Bonchev–Trinajstić information content (AvgIpc) is 3.58. The standard InChI is InChI=1S/C28H27N5O2S/c1-20-25-11-12-31-27(25)10-9-26(20)32-28-23(17-30-18-24(28)16-29)8-7-21-5-4-6-22(15-21)19-36(34,35)33-13-2-3-14-33/h4-12,15,17-18,31H,2-3,13-14,19H2,1H3,(H,30,32)/b8-7+. The molecule has 5 rings (SSSR count). The Morgan fingerprint density at radius 1 is 1.14 bits per heavy atom. The zero-order chi connectivity index (χ0) is 25.1. The largest absolute Gasteiger partial charge is 0.361 e. The quantitative estimate of drug-likeness (QED) is 0.347. The first kappa shape index (κ1) is 23.8. The molecule has 0 radical (unpaired) electrons. The molecular formula is C28H27N5O2S. The molecule has 1 aliphatic rings. The van der Waals surface area contributed by atoms with Gasteiger partial charge in [0, 0.05) is 53.8 Å². The van der Waals surface area contributed by atoms with E-state index in [1.54, 1.807) is 16.7 Å². The van der Waals surface area contributed by atoms with E-state index in [-0.39, 0.29) is 5.75 Å². The van der Waals surface area contributed by atoms with Gasteiger partial charge in [0.05, 0.1) is 17.0 Å². The Kier molecular flexibility index (Phi) is 6.59. The normalized spacial score (nSPS) is 14.4. The maximum Gasteiger partial charge on any atom is 0.218 e. The first-order valence-corrected chi connectivity index (χ1v) is 13.5. The monoisotopic (exact) mass is 497 g/mol. The van der Waals surface area contributed by atoms with E-state index in [1.165, 1.54) is 0 Å². The van der Waals surface area contributed by atoms with Crippen molar-refractivity contribution in [3.8, 4) is 6.07 Å². The predicted molar refractivity (Wildman–Crippen MR) is 144 cm³/mol. The molecule has 4 aromatic rings. The molecule has 2 aromatic carbocycles. The van der Waals surface area contributed by atoms with Crippen LogP contribution in [0.5, 0.6) is 0 Å². The molecule has 1 fully saturated rings. The molecular weight excluding hydrogens is 470 g/mol. The van der Waals surface area contributed by atoms with E-state index in [1.807, 2.05) is 67.7 Å². The molecule has 0 unspecified atom stereocenters. The first-order valence-electron chi connectivity index (χ1n) is 11.9. The van der Waals surface area contributed by atoms with Crippen LogP contribution in [-0.4, -0.2) is 35.8 Å². The molecule has 182 valence electrons. The molecule has 0 saturated carbocycles. The summed E-state index contributed by atoms with van der Waals surface area (Å²) < 4.78 is 27.0. The summed E-state index contributed by atoms with van der Waals surface area (Å²) in [5.41, 5.74) is 6.55. The number of pyridine rings is 1. The van der Waals surface area contributed by atoms with Crippen molar-refractivity contribution in [2.75, 3.05) is 18.4 Å². The SMILES string of the molecule is Cc1c(Nc2c(C#N)cncc2/C=C/c2cccc(CS(=O)(=O)N3CCCC3)c2)ccc2[nH]ccc12. The highest BCUT2D eigenvalue weighted by molar-refractivity contribution is 7.88. The number of H-pyrrole nitrogens is 1. The van der Waals surface area contributed by atoms with Gasteiger partial charge in [-0.15, -0.1) is 0 Å². The molecule has 0 aliphatic carbocycles. The fourth-order valence-electron chi connectivity index (χ4n) is 4.62. The average molecular weight is 498 g/mol. The predicted octanol–water partition coefficient (Wildman–Crippen LogP) is 5.58. The highest BCUT2D eigenvalue weighted by atomic mass is 32.2. The molecule has 0 bridgehead atoms. The molecule has 1 saturated heterocycles. The van der Waals surface area contributed by atoms with Crippen molar-refractivity contribution >= 4 is 44.5 Å². The summed E-state index contributed by atoms with van der Waals surface area (Å²) in [6.45, 7) is 3.26. The molecule has 36 heavy (non-hydrogen) atoms. The molecule has 1 aliphatic heterocycles. The van der Waals surface area contributed by atoms with E-state index >= 15 is 0 Å². The number of nitrogens with one attached hydrogen (secondary N) is 2. The van der Waals surface area contributed by atoms with Gasteiger partial charge >= 0.3 is 0 Å². The first-order chi connectivity index (χ1) is 17.4. The fourth-order valence-corrected chi connectivity index (χ4v) is 6.22. The lowest BCUT2D eigenvalue weighted by Crippen LogP contribution is -2.29. The van der Waals surface area contributed by atoms with Crippen LogP contribution in [-0.2, 0) is 15.8 Å². The van der Waals surface area contributed by atoms with Crippen LogP contribution in [0.3, 0.4) is 0 Å². The minimum atomic E-state index is -3.31. The van der Waals surface area contributed by atoms with Crippen LogP contribution in [0, 0.1) is 18.3 Å². The third-order valence-electron chi connectivity index (χ3n) is 6.57. The Labute approximate surface area is 211 Å². The summed E-state index contributed by atoms with van der Waals surface area (Å²) in [6.07, 6.45) is 10.8. The van der Waals surface area contributed by atoms with Crippen LogP contribution in [0.15, 0.2) is 61.1 Å². The summed E-state index contributed by atoms with van der Waals surface area (Å²) in [4.78, 5) is 7.46. The van der Waals surface area contributed by atoms with Gasteiger partial charge in [-0.1, -0.05) is 36.4 Å². The number of aryl methyl sites for hydroxylation is 1. The van der Waals surface area contributed by atoms with Crippen molar-refractivity contribution in [2.45, 2.75) is 25.5 Å². The minimum Gasteiger partial charge on any atom is -0.361 e. The van der Waals surface area contributed by atoms with Crippen molar-refractivity contribution in [3.63, 3.8) is 0 Å². The second-order valence-electron chi connectivity index (χ2n) is 9.01. The van der Waals surface area contributed by atoms with Crippen molar-refractivity contribution < 1.29 is 8.42 Å². The lowest BCUT2D eigenvalue weighted by Gasteiger charge is -2.15. The van der Waals surface area contributed by atoms with Crippen LogP contribution >= 0.6 is 0 Å². The summed E-state index contributed by atoms with van der Waals surface area (Å²) in [5.74, 6) is -0.00608. The van der Waals surface area contributed by atoms with Gasteiger partial charge in [-0.2, -0.15) is 5.26 Å². The number of aromatic amines is 1. The number of nitrogens with zero attached hydrogens (tertiary/aromatic N) is 3. The van der Waals surface area contributed by atoms with Gasteiger partial charge < -0.3 is 10.3 Å². The zero-order valence-corrected chi connectivity index (χ0v) is 20.8. The summed E-state index contributed by atoms with van der Waals surface area (Å²) in [6, 6.07) is 15.8. The summed E-state index contributed by atoms with van der Waals surface area (Å²) in [7, 11) is -3.31. The Hall–Kier alpha value is -3.93. The number of anilines is 2. The van der Waals surface area contributed by atoms with Crippen LogP contribution < -0.4 is 5.32 Å². The van der Waals surface area contributed by atoms with Gasteiger partial charge in [0.2, 0.25) is 10.0 Å². The highest BCUT2D eigenvalue weighted by Crippen LogP contribution is 2.31. The molecule has 0 spiro atoms. The topological polar surface area (TPSA) is 102 Å². The minimum absolute atomic E-state index is 0.00608. The van der Waals surface area contributed by atoms with E-state index in [2.05, 4.69) is 21.4 Å². The molecule has 0 amide bonds. The number of benzene rings is 2. The fraction of sp³-hybridized carbons (Fsp3) is 0.214. The van der Waals surface area contributed by atoms with E-state index in [9.17, 15) is 13.7 Å². The number of fused-ring (bicyclic) bond motifs is 1. The highest BCUT2D eigenvalue weighted by Gasteiger charge is 2.25. The molecule has 8 heteroatoms. The second-order valence-corrected chi connectivity index (χ2v) is 11.0. The van der Waals surface area contributed by atoms with E-state index < -0.39 is 10.0 Å². The molecule has 0 atom stereocenters. The van der Waals surface area contributed by atoms with Crippen molar-refractivity contribution in [1.29, 1.82) is 5.26 Å². The summed E-state index contributed by atoms with van der Waals surface area (Å²) >= 11 is 0. The van der Waals surface area contributed by atoms with Crippen molar-refractivity contribution in [3.05, 3.63) is 88.9 Å². The Bertz CT molecular complexity index is 1590. The van der Waals surface area contributed by atoms with Gasteiger partial charge in [0.15, 0.2) is 0 Å². The number of aromatic nitrogens is 2. The van der Waals surface area contributed by atoms with E-state index in [0.29, 0.717) is 24.3 Å². The number of hydrogen-bond acceptors (Lipinski definition) is 5. The Morgan fingerprint density at radius 2 is 1.97 bits per heavy atom. The van der Waals surface area contributed by atoms with Gasteiger partial charge in [0.25, 0.3) is 0 Å². The van der Waals surface area contributed by atoms with Crippen LogP contribution in [0.25, 0.3) is 23.1 Å². The lowest BCUT2D eigenvalue weighted by atomic mass is 10.1. The number of hydrogen-bond donors (Lipinski definition) is 2. The van der Waals surface area contributed by atoms with Gasteiger partial charge in [0.1, 0.15) is 6.07 Å². The van der Waals surface area contributed by atoms with Crippen LogP contribution in [0.2, 0.25) is 0 Å². The smallest absolute Gasteiger partial charge is 0.218 e. The molecule has 7 nitrogen and oxygen atoms in total. The Morgan fingerprint density at radius 3 is 2.78 bits per heavy atom. The van der Waals surface area contributed by atoms with Gasteiger partial charge in [-0.3, -0.25) is 4.98 Å². The van der Waals surface area contributed by atoms with Crippen LogP contribution in [0.4, 0.5) is 11.4 Å². The van der Waals surface area contributed by atoms with Gasteiger partial charge in [-0.25, -0.2) is 12.7 Å². The van der Waals surface area contributed by atoms with Crippen LogP contribution in [0.1, 0.15) is 40.7 Å². The third kappa shape index (κ3) is 4.89. The van der Waals surface area contributed by atoms with Gasteiger partial charge in [-0.05, 0) is 54.7 Å². The second kappa shape index (κ2) is 9.97. The molecule has 2 aromatic heterocycles. The number of nitriles is 1. The number of rotatable bonds is 7. The van der Waals surface area contributed by atoms with E-state index in [4.69, 9.17) is 0 Å². The maximum atomic E-state index is 12.7. The molecule has 3 heterocycles. The maximum absolute atomic E-state index is 12.7. The Balaban J connectivity index is 1.42. The number of sulfonamides is 1. The zero-order valence-electron chi connectivity index (χ0n) is 20.0.